The van der Waals surface area contributed by atoms with Crippen molar-refractivity contribution in [1.29, 1.82) is 0 Å². The number of thiol groups is 1. The minimum Gasteiger partial charge on any atom is -0.297 e. The normalized spacial score (nSPS) is 10.9. The number of nitrogens with zero attached hydrogens (tertiary/aromatic N) is 1. The Kier molecular flexibility index (Phi) is 5.23. The van der Waals surface area contributed by atoms with Crippen molar-refractivity contribution in [2.75, 3.05) is 19.3 Å². The van der Waals surface area contributed by atoms with Gasteiger partial charge in [0.2, 0.25) is 0 Å². The molecule has 0 spiro atoms. The summed E-state index contributed by atoms with van der Waals surface area (Å²) in [6.07, 6.45) is 0. The predicted octanol–water partition coefficient (Wildman–Crippen LogP) is 3.43. The first-order valence-corrected chi connectivity index (χ1v) is 6.61. The molecular formula is C10H14BrNS2. The van der Waals surface area contributed by atoms with Gasteiger partial charge in [0.05, 0.1) is 0 Å². The lowest BCUT2D eigenvalue weighted by molar-refractivity contribution is 0.359. The monoisotopic (exact) mass is 291 g/mol. The summed E-state index contributed by atoms with van der Waals surface area (Å²) in [6, 6.07) is 2.16. The highest BCUT2D eigenvalue weighted by Crippen LogP contribution is 2.20. The zero-order valence-electron chi connectivity index (χ0n) is 8.16. The van der Waals surface area contributed by atoms with Crippen molar-refractivity contribution < 1.29 is 0 Å². The molecule has 1 nitrogen and oxygen atoms in total. The standard InChI is InChI=1S/C10H14BrNS2/c1-8(6-13)4-12(2)5-10-3-9(11)7-14-10/h3,7,13H,1,4-6H2,2H3. The Morgan fingerprint density at radius 2 is 2.43 bits per heavy atom. The summed E-state index contributed by atoms with van der Waals surface area (Å²) >= 11 is 9.41. The molecule has 14 heavy (non-hydrogen) atoms. The first kappa shape index (κ1) is 12.3. The van der Waals surface area contributed by atoms with Crippen LogP contribution in [0.5, 0.6) is 0 Å². The van der Waals surface area contributed by atoms with Gasteiger partial charge in [-0.25, -0.2) is 0 Å². The fraction of sp³-hybridized carbons (Fsp3) is 0.400. The minimum atomic E-state index is 0.762. The molecule has 0 bridgehead atoms. The highest BCUT2D eigenvalue weighted by atomic mass is 79.9. The van der Waals surface area contributed by atoms with Crippen LogP contribution in [0.3, 0.4) is 0 Å². The largest absolute Gasteiger partial charge is 0.297 e. The molecule has 0 amide bonds. The predicted molar refractivity (Wildman–Crippen MR) is 71.3 cm³/mol. The van der Waals surface area contributed by atoms with E-state index < -0.39 is 0 Å². The molecule has 1 rings (SSSR count). The lowest BCUT2D eigenvalue weighted by Gasteiger charge is -2.15. The van der Waals surface area contributed by atoms with Crippen LogP contribution in [0.25, 0.3) is 0 Å². The van der Waals surface area contributed by atoms with Crippen LogP contribution in [0.15, 0.2) is 28.1 Å². The summed E-state index contributed by atoms with van der Waals surface area (Å²) in [5.41, 5.74) is 1.16. The van der Waals surface area contributed by atoms with E-state index in [1.807, 2.05) is 0 Å². The summed E-state index contributed by atoms with van der Waals surface area (Å²) in [6.45, 7) is 5.83. The second-order valence-electron chi connectivity index (χ2n) is 3.31. The van der Waals surface area contributed by atoms with Crippen molar-refractivity contribution >= 4 is 39.9 Å². The van der Waals surface area contributed by atoms with Crippen LogP contribution in [-0.4, -0.2) is 24.2 Å². The van der Waals surface area contributed by atoms with E-state index in [1.165, 1.54) is 9.35 Å². The first-order valence-electron chi connectivity index (χ1n) is 4.30. The SMILES string of the molecule is C=C(CS)CN(C)Cc1cc(Br)cs1. The van der Waals surface area contributed by atoms with E-state index in [1.54, 1.807) is 11.3 Å². The number of likely N-dealkylation sites (N-methyl/N-ethyl adjacent to an activating group) is 1. The molecule has 0 radical (unpaired) electrons. The van der Waals surface area contributed by atoms with Crippen molar-refractivity contribution in [3.05, 3.63) is 32.9 Å². The van der Waals surface area contributed by atoms with Gasteiger partial charge >= 0.3 is 0 Å². The molecule has 0 aliphatic heterocycles. The average molecular weight is 292 g/mol. The van der Waals surface area contributed by atoms with Crippen molar-refractivity contribution in [3.63, 3.8) is 0 Å². The topological polar surface area (TPSA) is 3.24 Å². The minimum absolute atomic E-state index is 0.762. The Bertz CT molecular complexity index is 309. The number of rotatable bonds is 5. The van der Waals surface area contributed by atoms with E-state index in [2.05, 4.69) is 58.5 Å². The van der Waals surface area contributed by atoms with Crippen molar-refractivity contribution in [1.82, 2.24) is 4.90 Å². The maximum Gasteiger partial charge on any atom is 0.0328 e. The highest BCUT2D eigenvalue weighted by molar-refractivity contribution is 9.10. The van der Waals surface area contributed by atoms with E-state index in [-0.39, 0.29) is 0 Å². The second kappa shape index (κ2) is 5.95. The van der Waals surface area contributed by atoms with Crippen LogP contribution < -0.4 is 0 Å². The molecule has 0 aliphatic carbocycles. The van der Waals surface area contributed by atoms with Crippen LogP contribution in [-0.2, 0) is 6.54 Å². The number of halogens is 1. The molecule has 0 saturated carbocycles. The molecule has 0 saturated heterocycles. The Labute approximate surface area is 103 Å². The molecule has 0 atom stereocenters. The molecule has 4 heteroatoms. The van der Waals surface area contributed by atoms with E-state index in [0.29, 0.717) is 0 Å². The van der Waals surface area contributed by atoms with Crippen LogP contribution in [0, 0.1) is 0 Å². The van der Waals surface area contributed by atoms with Gasteiger partial charge in [-0.15, -0.1) is 11.3 Å². The molecule has 78 valence electrons. The van der Waals surface area contributed by atoms with Gasteiger partial charge < -0.3 is 0 Å². The summed E-state index contributed by atoms with van der Waals surface area (Å²) in [5, 5.41) is 2.11. The van der Waals surface area contributed by atoms with Gasteiger partial charge in [0, 0.05) is 33.6 Å². The Morgan fingerprint density at radius 1 is 1.71 bits per heavy atom. The summed E-state index contributed by atoms with van der Waals surface area (Å²) in [5.74, 6) is 0.762. The fourth-order valence-electron chi connectivity index (χ4n) is 1.19. The molecular weight excluding hydrogens is 278 g/mol. The molecule has 0 aliphatic rings. The molecule has 0 fully saturated rings. The van der Waals surface area contributed by atoms with Gasteiger partial charge in [-0.2, -0.15) is 12.6 Å². The van der Waals surface area contributed by atoms with Gasteiger partial charge in [0.25, 0.3) is 0 Å². The second-order valence-corrected chi connectivity index (χ2v) is 5.54. The van der Waals surface area contributed by atoms with Crippen molar-refractivity contribution in [3.8, 4) is 0 Å². The van der Waals surface area contributed by atoms with E-state index in [9.17, 15) is 0 Å². The van der Waals surface area contributed by atoms with E-state index in [0.717, 1.165) is 24.4 Å². The molecule has 1 heterocycles. The number of hydrogen-bond donors (Lipinski definition) is 1. The lowest BCUT2D eigenvalue weighted by atomic mass is 10.3. The zero-order valence-corrected chi connectivity index (χ0v) is 11.5. The smallest absolute Gasteiger partial charge is 0.0328 e. The maximum atomic E-state index is 4.19. The molecule has 1 aromatic heterocycles. The van der Waals surface area contributed by atoms with Crippen LogP contribution in [0.2, 0.25) is 0 Å². The summed E-state index contributed by atoms with van der Waals surface area (Å²) in [4.78, 5) is 3.61. The summed E-state index contributed by atoms with van der Waals surface area (Å²) in [7, 11) is 2.10. The molecule has 0 unspecified atom stereocenters. The maximum absolute atomic E-state index is 4.19. The average Bonchev–Trinajstić information content (AvgIpc) is 2.50. The van der Waals surface area contributed by atoms with E-state index >= 15 is 0 Å². The van der Waals surface area contributed by atoms with Crippen LogP contribution in [0.1, 0.15) is 4.88 Å². The molecule has 0 aromatic carbocycles. The zero-order chi connectivity index (χ0) is 10.6. The fourth-order valence-corrected chi connectivity index (χ4v) is 2.82. The quantitative estimate of drug-likeness (QED) is 0.643. The van der Waals surface area contributed by atoms with Crippen LogP contribution in [0.4, 0.5) is 0 Å². The lowest BCUT2D eigenvalue weighted by Crippen LogP contribution is -2.20. The van der Waals surface area contributed by atoms with Gasteiger partial charge in [-0.05, 0) is 29.0 Å². The van der Waals surface area contributed by atoms with E-state index in [4.69, 9.17) is 0 Å². The third-order valence-corrected chi connectivity index (χ3v) is 3.89. The van der Waals surface area contributed by atoms with Crippen LogP contribution >= 0.6 is 39.9 Å². The number of thiophene rings is 1. The Morgan fingerprint density at radius 3 is 2.93 bits per heavy atom. The third-order valence-electron chi connectivity index (χ3n) is 1.76. The summed E-state index contributed by atoms with van der Waals surface area (Å²) < 4.78 is 1.17. The van der Waals surface area contributed by atoms with Gasteiger partial charge in [0.15, 0.2) is 0 Å². The van der Waals surface area contributed by atoms with Gasteiger partial charge in [-0.3, -0.25) is 4.90 Å². The Balaban J connectivity index is 2.41. The van der Waals surface area contributed by atoms with Crippen molar-refractivity contribution in [2.24, 2.45) is 0 Å². The third kappa shape index (κ3) is 4.17. The van der Waals surface area contributed by atoms with Gasteiger partial charge in [0.1, 0.15) is 0 Å². The first-order chi connectivity index (χ1) is 6.61. The molecule has 1 aromatic rings. The number of hydrogen-bond acceptors (Lipinski definition) is 3. The highest BCUT2D eigenvalue weighted by Gasteiger charge is 2.03. The Hall–Kier alpha value is 0.230. The van der Waals surface area contributed by atoms with Crippen molar-refractivity contribution in [2.45, 2.75) is 6.54 Å². The van der Waals surface area contributed by atoms with Gasteiger partial charge in [-0.1, -0.05) is 12.2 Å². The molecule has 0 N–H and O–H groups in total.